The zero-order valence-electron chi connectivity index (χ0n) is 15.4. The van der Waals surface area contributed by atoms with Gasteiger partial charge in [0.15, 0.2) is 0 Å². The van der Waals surface area contributed by atoms with Crippen LogP contribution in [0.2, 0.25) is 0 Å². The number of pyridine rings is 1. The third kappa shape index (κ3) is 3.60. The van der Waals surface area contributed by atoms with Gasteiger partial charge in [-0.1, -0.05) is 36.4 Å². The van der Waals surface area contributed by atoms with Gasteiger partial charge in [0.1, 0.15) is 0 Å². The molecule has 0 atom stereocenters. The second kappa shape index (κ2) is 7.38. The molecular formula is C21H23N3O2S. The highest BCUT2D eigenvalue weighted by molar-refractivity contribution is 7.89. The molecule has 2 aromatic carbocycles. The highest BCUT2D eigenvalue weighted by atomic mass is 32.2. The molecular weight excluding hydrogens is 358 g/mol. The van der Waals surface area contributed by atoms with E-state index in [4.69, 9.17) is 0 Å². The van der Waals surface area contributed by atoms with Crippen LogP contribution in [0, 0.1) is 6.92 Å². The van der Waals surface area contributed by atoms with Crippen LogP contribution in [0.3, 0.4) is 0 Å². The summed E-state index contributed by atoms with van der Waals surface area (Å²) in [6, 6.07) is 17.5. The minimum atomic E-state index is -3.54. The van der Waals surface area contributed by atoms with Crippen molar-refractivity contribution < 1.29 is 8.42 Å². The van der Waals surface area contributed by atoms with Gasteiger partial charge in [-0.25, -0.2) is 8.42 Å². The molecule has 0 spiro atoms. The lowest BCUT2D eigenvalue weighted by Crippen LogP contribution is -2.48. The monoisotopic (exact) mass is 381 g/mol. The number of hydrogen-bond donors (Lipinski definition) is 0. The zero-order valence-corrected chi connectivity index (χ0v) is 16.2. The Morgan fingerprint density at radius 3 is 2.41 bits per heavy atom. The van der Waals surface area contributed by atoms with E-state index in [9.17, 15) is 8.42 Å². The molecule has 1 aliphatic rings. The van der Waals surface area contributed by atoms with Crippen molar-refractivity contribution in [3.8, 4) is 0 Å². The first-order chi connectivity index (χ1) is 13.1. The Morgan fingerprint density at radius 2 is 1.67 bits per heavy atom. The maximum atomic E-state index is 13.3. The van der Waals surface area contributed by atoms with Crippen molar-refractivity contribution in [1.29, 1.82) is 0 Å². The Bertz CT molecular complexity index is 1040. The molecule has 1 fully saturated rings. The van der Waals surface area contributed by atoms with Crippen LogP contribution < -0.4 is 0 Å². The highest BCUT2D eigenvalue weighted by Crippen LogP contribution is 2.27. The molecule has 27 heavy (non-hydrogen) atoms. The van der Waals surface area contributed by atoms with Crippen molar-refractivity contribution in [2.75, 3.05) is 26.2 Å². The van der Waals surface area contributed by atoms with Crippen molar-refractivity contribution in [3.05, 3.63) is 71.9 Å². The highest BCUT2D eigenvalue weighted by Gasteiger charge is 2.30. The summed E-state index contributed by atoms with van der Waals surface area (Å²) in [5.74, 6) is 0. The van der Waals surface area contributed by atoms with E-state index in [1.54, 1.807) is 22.6 Å². The molecule has 1 aromatic heterocycles. The number of rotatable bonds is 4. The Balaban J connectivity index is 1.54. The summed E-state index contributed by atoms with van der Waals surface area (Å²) in [6.07, 6.45) is 1.70. The van der Waals surface area contributed by atoms with Gasteiger partial charge in [-0.15, -0.1) is 0 Å². The summed E-state index contributed by atoms with van der Waals surface area (Å²) in [6.45, 7) is 5.28. The van der Waals surface area contributed by atoms with Gasteiger partial charge in [0, 0.05) is 44.3 Å². The van der Waals surface area contributed by atoms with Gasteiger partial charge < -0.3 is 0 Å². The Labute approximate surface area is 160 Å². The van der Waals surface area contributed by atoms with E-state index in [0.29, 0.717) is 23.4 Å². The smallest absolute Gasteiger partial charge is 0.243 e. The summed E-state index contributed by atoms with van der Waals surface area (Å²) in [7, 11) is -3.54. The Hall–Kier alpha value is -2.28. The van der Waals surface area contributed by atoms with E-state index >= 15 is 0 Å². The average Bonchev–Trinajstić information content (AvgIpc) is 2.69. The quantitative estimate of drug-likeness (QED) is 0.697. The Kier molecular flexibility index (Phi) is 4.95. The molecule has 0 bridgehead atoms. The van der Waals surface area contributed by atoms with Crippen molar-refractivity contribution in [1.82, 2.24) is 14.2 Å². The summed E-state index contributed by atoms with van der Waals surface area (Å²) < 4.78 is 28.1. The van der Waals surface area contributed by atoms with E-state index in [1.807, 2.05) is 37.3 Å². The van der Waals surface area contributed by atoms with Crippen molar-refractivity contribution in [2.24, 2.45) is 0 Å². The molecule has 1 saturated heterocycles. The number of nitrogens with zero attached hydrogens (tertiary/aromatic N) is 3. The molecule has 0 unspecified atom stereocenters. The van der Waals surface area contributed by atoms with Crippen LogP contribution in [0.15, 0.2) is 65.7 Å². The molecule has 0 radical (unpaired) electrons. The molecule has 0 aliphatic carbocycles. The lowest BCUT2D eigenvalue weighted by molar-refractivity contribution is 0.181. The summed E-state index contributed by atoms with van der Waals surface area (Å²) >= 11 is 0. The van der Waals surface area contributed by atoms with E-state index in [0.717, 1.165) is 30.7 Å². The van der Waals surface area contributed by atoms with Crippen LogP contribution in [-0.2, 0) is 16.6 Å². The predicted molar refractivity (Wildman–Crippen MR) is 107 cm³/mol. The molecule has 3 aromatic rings. The van der Waals surface area contributed by atoms with Crippen LogP contribution in [-0.4, -0.2) is 48.8 Å². The van der Waals surface area contributed by atoms with E-state index in [2.05, 4.69) is 22.0 Å². The Morgan fingerprint density at radius 1 is 0.926 bits per heavy atom. The first kappa shape index (κ1) is 18.1. The summed E-state index contributed by atoms with van der Waals surface area (Å²) in [5, 5.41) is 0.698. The lowest BCUT2D eigenvalue weighted by Gasteiger charge is -2.34. The molecule has 0 amide bonds. The first-order valence-corrected chi connectivity index (χ1v) is 10.6. The molecule has 5 nitrogen and oxygen atoms in total. The van der Waals surface area contributed by atoms with Crippen molar-refractivity contribution in [3.63, 3.8) is 0 Å². The third-order valence-electron chi connectivity index (χ3n) is 5.13. The number of benzene rings is 2. The predicted octanol–water partition coefficient (Wildman–Crippen LogP) is 3.05. The van der Waals surface area contributed by atoms with Gasteiger partial charge in [-0.2, -0.15) is 4.31 Å². The average molecular weight is 382 g/mol. The number of sulfonamides is 1. The zero-order chi connectivity index (χ0) is 18.9. The SMILES string of the molecule is Cc1ccc(S(=O)(=O)N2CCN(Cc3ccccc3)CC2)c2cccnc12. The molecule has 1 aliphatic heterocycles. The summed E-state index contributed by atoms with van der Waals surface area (Å²) in [4.78, 5) is 7.02. The van der Waals surface area contributed by atoms with Gasteiger partial charge >= 0.3 is 0 Å². The van der Waals surface area contributed by atoms with Gasteiger partial charge in [0.25, 0.3) is 0 Å². The maximum absolute atomic E-state index is 13.3. The number of hydrogen-bond acceptors (Lipinski definition) is 4. The topological polar surface area (TPSA) is 53.5 Å². The van der Waals surface area contributed by atoms with Gasteiger partial charge in [-0.05, 0) is 36.2 Å². The van der Waals surface area contributed by atoms with Gasteiger partial charge in [0.2, 0.25) is 10.0 Å². The van der Waals surface area contributed by atoms with E-state index < -0.39 is 10.0 Å². The van der Waals surface area contributed by atoms with Gasteiger partial charge in [0.05, 0.1) is 10.4 Å². The summed E-state index contributed by atoms with van der Waals surface area (Å²) in [5.41, 5.74) is 2.99. The van der Waals surface area contributed by atoms with E-state index in [1.165, 1.54) is 5.56 Å². The van der Waals surface area contributed by atoms with Gasteiger partial charge in [-0.3, -0.25) is 9.88 Å². The molecule has 2 heterocycles. The van der Waals surface area contributed by atoms with Crippen LogP contribution in [0.1, 0.15) is 11.1 Å². The molecule has 140 valence electrons. The minimum absolute atomic E-state index is 0.354. The van der Waals surface area contributed by atoms with E-state index in [-0.39, 0.29) is 0 Å². The number of piperazine rings is 1. The van der Waals surface area contributed by atoms with Crippen molar-refractivity contribution >= 4 is 20.9 Å². The van der Waals surface area contributed by atoms with Crippen molar-refractivity contribution in [2.45, 2.75) is 18.4 Å². The largest absolute Gasteiger partial charge is 0.296 e. The number of fused-ring (bicyclic) bond motifs is 1. The molecule has 6 heteroatoms. The third-order valence-corrected chi connectivity index (χ3v) is 7.09. The van der Waals surface area contributed by atoms with Crippen LogP contribution in [0.4, 0.5) is 0 Å². The fourth-order valence-electron chi connectivity index (χ4n) is 3.62. The van der Waals surface area contributed by atoms with Crippen LogP contribution in [0.25, 0.3) is 10.9 Å². The maximum Gasteiger partial charge on any atom is 0.243 e. The fraction of sp³-hybridized carbons (Fsp3) is 0.286. The fourth-order valence-corrected chi connectivity index (χ4v) is 5.23. The van der Waals surface area contributed by atoms with Crippen LogP contribution in [0.5, 0.6) is 0 Å². The molecule has 0 N–H and O–H groups in total. The standard InChI is InChI=1S/C21H23N3O2S/c1-17-9-10-20(19-8-5-11-22-21(17)19)27(25,26)24-14-12-23(13-15-24)16-18-6-3-2-4-7-18/h2-11H,12-16H2,1H3. The first-order valence-electron chi connectivity index (χ1n) is 9.16. The molecule has 4 rings (SSSR count). The second-order valence-corrected chi connectivity index (χ2v) is 8.85. The number of aromatic nitrogens is 1. The van der Waals surface area contributed by atoms with Crippen LogP contribution >= 0.6 is 0 Å². The minimum Gasteiger partial charge on any atom is -0.296 e. The normalized spacial score (nSPS) is 16.6. The second-order valence-electron chi connectivity index (χ2n) is 6.95. The molecule has 0 saturated carbocycles. The lowest BCUT2D eigenvalue weighted by atomic mass is 10.1. The number of aryl methyl sites for hydroxylation is 1.